The SMILES string of the molecule is CC(=O)NC1[C@H](O[C@H]2C(C)O[C@@H](O[C@@H]3C(NC(C)=O)[C@H](C)OC(C)[C@@H]3N)C(NC(C)=O)[C@H]2O)OC(C)[C@H](N)[C@@H]1O. The smallest absolute Gasteiger partial charge is 0.217 e. The normalized spacial score (nSPS) is 45.8. The van der Waals surface area contributed by atoms with Gasteiger partial charge < -0.3 is 61.3 Å². The van der Waals surface area contributed by atoms with Gasteiger partial charge in [0.05, 0.1) is 48.6 Å². The molecule has 3 aliphatic rings. The lowest BCUT2D eigenvalue weighted by molar-refractivity contribution is -0.326. The molecule has 15 nitrogen and oxygen atoms in total. The summed E-state index contributed by atoms with van der Waals surface area (Å²) in [5.74, 6) is -1.21. The predicted octanol–water partition coefficient (Wildman–Crippen LogP) is -3.06. The van der Waals surface area contributed by atoms with E-state index in [1.54, 1.807) is 27.7 Å². The van der Waals surface area contributed by atoms with Gasteiger partial charge in [-0.1, -0.05) is 0 Å². The number of carbonyl (C=O) groups excluding carboxylic acids is 3. The summed E-state index contributed by atoms with van der Waals surface area (Å²) >= 11 is 0. The summed E-state index contributed by atoms with van der Waals surface area (Å²) in [7, 11) is 0. The van der Waals surface area contributed by atoms with Gasteiger partial charge in [0.15, 0.2) is 12.6 Å². The molecule has 0 aromatic carbocycles. The van der Waals surface area contributed by atoms with Crippen LogP contribution in [0.2, 0.25) is 0 Å². The minimum absolute atomic E-state index is 0.307. The zero-order valence-electron chi connectivity index (χ0n) is 24.0. The van der Waals surface area contributed by atoms with E-state index in [-0.39, 0.29) is 5.91 Å². The number of rotatable bonds is 7. The number of aliphatic hydroxyl groups excluding tert-OH is 2. The van der Waals surface area contributed by atoms with Crippen molar-refractivity contribution < 1.29 is 48.3 Å². The summed E-state index contributed by atoms with van der Waals surface area (Å²) in [6.45, 7) is 10.8. The lowest BCUT2D eigenvalue weighted by Gasteiger charge is -2.50. The van der Waals surface area contributed by atoms with Crippen LogP contribution in [0.15, 0.2) is 0 Å². The van der Waals surface area contributed by atoms with Crippen molar-refractivity contribution in [1.82, 2.24) is 16.0 Å². The predicted molar refractivity (Wildman–Crippen MR) is 139 cm³/mol. The number of hydrogen-bond donors (Lipinski definition) is 7. The van der Waals surface area contributed by atoms with Gasteiger partial charge in [-0.05, 0) is 27.7 Å². The Morgan fingerprint density at radius 3 is 1.55 bits per heavy atom. The van der Waals surface area contributed by atoms with Gasteiger partial charge in [0.25, 0.3) is 0 Å². The van der Waals surface area contributed by atoms with Crippen LogP contribution < -0.4 is 27.4 Å². The van der Waals surface area contributed by atoms with Crippen LogP contribution in [0.3, 0.4) is 0 Å². The van der Waals surface area contributed by atoms with E-state index >= 15 is 0 Å². The molecule has 0 aromatic heterocycles. The summed E-state index contributed by atoms with van der Waals surface area (Å²) in [5.41, 5.74) is 12.4. The highest BCUT2D eigenvalue weighted by atomic mass is 16.7. The second-order valence-electron chi connectivity index (χ2n) is 11.0. The first-order chi connectivity index (χ1) is 18.6. The molecule has 40 heavy (non-hydrogen) atoms. The molecule has 3 heterocycles. The third-order valence-electron chi connectivity index (χ3n) is 7.66. The second kappa shape index (κ2) is 13.4. The van der Waals surface area contributed by atoms with E-state index in [4.69, 9.17) is 35.2 Å². The molecule has 0 saturated carbocycles. The van der Waals surface area contributed by atoms with Gasteiger partial charge in [-0.2, -0.15) is 0 Å². The van der Waals surface area contributed by atoms with E-state index in [9.17, 15) is 24.6 Å². The minimum Gasteiger partial charge on any atom is -0.389 e. The molecule has 3 fully saturated rings. The molecule has 6 unspecified atom stereocenters. The second-order valence-corrected chi connectivity index (χ2v) is 11.0. The van der Waals surface area contributed by atoms with Crippen molar-refractivity contribution in [2.75, 3.05) is 0 Å². The Bertz CT molecular complexity index is 913. The van der Waals surface area contributed by atoms with Gasteiger partial charge in [-0.15, -0.1) is 0 Å². The first-order valence-corrected chi connectivity index (χ1v) is 13.6. The van der Waals surface area contributed by atoms with Crippen molar-refractivity contribution in [3.8, 4) is 0 Å². The number of nitrogens with two attached hydrogens (primary N) is 2. The maximum Gasteiger partial charge on any atom is 0.217 e. The number of nitrogens with one attached hydrogen (secondary N) is 3. The van der Waals surface area contributed by atoms with Crippen molar-refractivity contribution in [2.24, 2.45) is 11.5 Å². The standard InChI is InChI=1S/C25H45N5O10/c1-8-15(26)20(34)18(29-13(6)32)24(37-8)39-22-11(4)38-25(19(21(22)35)30-14(7)33)40-23-16(27)9(2)36-10(3)17(23)28-12(5)31/h8-11,15-25,34-35H,26-27H2,1-7H3,(H,28,31)(H,29,32)(H,30,33)/t8?,9?,10-,11?,15-,16-,17?,18?,19?,20-,21+,22-,23-,24-,25-/m0/s1. The third-order valence-corrected chi connectivity index (χ3v) is 7.66. The Labute approximate surface area is 233 Å². The number of hydrogen-bond acceptors (Lipinski definition) is 12. The Kier molecular flexibility index (Phi) is 10.9. The fourth-order valence-corrected chi connectivity index (χ4v) is 5.49. The van der Waals surface area contributed by atoms with Crippen LogP contribution in [0.4, 0.5) is 0 Å². The molecule has 230 valence electrons. The van der Waals surface area contributed by atoms with Crippen molar-refractivity contribution in [3.05, 3.63) is 0 Å². The molecule has 3 aliphatic heterocycles. The van der Waals surface area contributed by atoms with E-state index in [1.807, 2.05) is 0 Å². The molecular formula is C25H45N5O10. The van der Waals surface area contributed by atoms with Crippen LogP contribution in [0.1, 0.15) is 48.5 Å². The maximum atomic E-state index is 12.2. The topological polar surface area (TPSA) is 226 Å². The molecule has 9 N–H and O–H groups in total. The highest BCUT2D eigenvalue weighted by Gasteiger charge is 2.52. The van der Waals surface area contributed by atoms with Crippen LogP contribution in [0, 0.1) is 0 Å². The van der Waals surface area contributed by atoms with E-state index in [0.29, 0.717) is 0 Å². The molecule has 0 aromatic rings. The minimum atomic E-state index is -1.38. The van der Waals surface area contributed by atoms with Gasteiger partial charge in [0.1, 0.15) is 30.4 Å². The zero-order chi connectivity index (χ0) is 30.0. The average Bonchev–Trinajstić information content (AvgIpc) is 2.84. The Hall–Kier alpha value is -1.95. The summed E-state index contributed by atoms with van der Waals surface area (Å²) in [6.07, 6.45) is -9.13. The highest BCUT2D eigenvalue weighted by Crippen LogP contribution is 2.32. The summed E-state index contributed by atoms with van der Waals surface area (Å²) in [5, 5.41) is 30.2. The molecule has 3 saturated heterocycles. The molecule has 0 bridgehead atoms. The summed E-state index contributed by atoms with van der Waals surface area (Å²) in [4.78, 5) is 35.9. The number of amides is 3. The fourth-order valence-electron chi connectivity index (χ4n) is 5.49. The van der Waals surface area contributed by atoms with Crippen LogP contribution >= 0.6 is 0 Å². The third kappa shape index (κ3) is 7.27. The molecule has 15 heteroatoms. The number of aliphatic hydroxyl groups is 2. The van der Waals surface area contributed by atoms with Crippen LogP contribution in [-0.2, 0) is 38.1 Å². The monoisotopic (exact) mass is 575 g/mol. The lowest BCUT2D eigenvalue weighted by atomic mass is 9.91. The Morgan fingerprint density at radius 2 is 1.02 bits per heavy atom. The van der Waals surface area contributed by atoms with E-state index in [0.717, 1.165) is 0 Å². The van der Waals surface area contributed by atoms with Crippen molar-refractivity contribution in [3.63, 3.8) is 0 Å². The van der Waals surface area contributed by atoms with Crippen LogP contribution in [-0.4, -0.2) is 120 Å². The quantitative estimate of drug-likeness (QED) is 0.161. The van der Waals surface area contributed by atoms with Gasteiger partial charge >= 0.3 is 0 Å². The first kappa shape index (κ1) is 32.6. The molecule has 0 spiro atoms. The van der Waals surface area contributed by atoms with Crippen molar-refractivity contribution in [1.29, 1.82) is 0 Å². The number of carbonyl (C=O) groups is 3. The van der Waals surface area contributed by atoms with E-state index in [1.165, 1.54) is 20.8 Å². The molecule has 0 aliphatic carbocycles. The largest absolute Gasteiger partial charge is 0.389 e. The molecule has 15 atom stereocenters. The Morgan fingerprint density at radius 1 is 0.600 bits per heavy atom. The molecule has 3 amide bonds. The molecular weight excluding hydrogens is 530 g/mol. The van der Waals surface area contributed by atoms with Crippen molar-refractivity contribution in [2.45, 2.75) is 140 Å². The fraction of sp³-hybridized carbons (Fsp3) is 0.880. The summed E-state index contributed by atoms with van der Waals surface area (Å²) in [6, 6.07) is -4.25. The van der Waals surface area contributed by atoms with Gasteiger partial charge in [-0.3, -0.25) is 14.4 Å². The highest BCUT2D eigenvalue weighted by molar-refractivity contribution is 5.74. The van der Waals surface area contributed by atoms with Crippen molar-refractivity contribution >= 4 is 17.7 Å². The average molecular weight is 576 g/mol. The maximum absolute atomic E-state index is 12.2. The van der Waals surface area contributed by atoms with Crippen LogP contribution in [0.5, 0.6) is 0 Å². The summed E-state index contributed by atoms with van der Waals surface area (Å²) < 4.78 is 30.2. The molecule has 3 rings (SSSR count). The van der Waals surface area contributed by atoms with Gasteiger partial charge in [0.2, 0.25) is 17.7 Å². The van der Waals surface area contributed by atoms with Gasteiger partial charge in [-0.25, -0.2) is 0 Å². The number of ether oxygens (including phenoxy) is 5. The first-order valence-electron chi connectivity index (χ1n) is 13.6. The zero-order valence-corrected chi connectivity index (χ0v) is 24.0. The van der Waals surface area contributed by atoms with Gasteiger partial charge in [0, 0.05) is 20.8 Å². The van der Waals surface area contributed by atoms with E-state index < -0.39 is 103 Å². The lowest BCUT2D eigenvalue weighted by Crippen LogP contribution is -2.71. The Balaban J connectivity index is 1.85. The van der Waals surface area contributed by atoms with Crippen LogP contribution in [0.25, 0.3) is 0 Å². The molecule has 0 radical (unpaired) electrons. The van der Waals surface area contributed by atoms with E-state index in [2.05, 4.69) is 16.0 Å².